The Morgan fingerprint density at radius 2 is 2.25 bits per heavy atom. The molecule has 0 aromatic heterocycles. The van der Waals surface area contributed by atoms with Crippen LogP contribution in [0.2, 0.25) is 0 Å². The van der Waals surface area contributed by atoms with Crippen LogP contribution in [-0.2, 0) is 6.54 Å². The molecule has 16 heavy (non-hydrogen) atoms. The molecule has 3 N–H and O–H groups in total. The molecule has 0 amide bonds. The van der Waals surface area contributed by atoms with E-state index >= 15 is 0 Å². The quantitative estimate of drug-likeness (QED) is 0.667. The van der Waals surface area contributed by atoms with Gasteiger partial charge in [-0.1, -0.05) is 24.8 Å². The number of quaternary nitrogens is 1. The lowest BCUT2D eigenvalue weighted by Gasteiger charge is -2.09. The molecular weight excluding hydrogens is 202 g/mol. The normalized spacial score (nSPS) is 12.1. The van der Waals surface area contributed by atoms with E-state index in [4.69, 9.17) is 9.84 Å². The van der Waals surface area contributed by atoms with Crippen LogP contribution in [0.4, 0.5) is 0 Å². The van der Waals surface area contributed by atoms with E-state index in [1.165, 1.54) is 0 Å². The lowest BCUT2D eigenvalue weighted by Crippen LogP contribution is -2.84. The van der Waals surface area contributed by atoms with E-state index in [-0.39, 0.29) is 6.10 Å². The molecule has 0 aliphatic heterocycles. The van der Waals surface area contributed by atoms with E-state index in [9.17, 15) is 0 Å². The van der Waals surface area contributed by atoms with Crippen molar-refractivity contribution in [3.63, 3.8) is 0 Å². The van der Waals surface area contributed by atoms with Gasteiger partial charge < -0.3 is 15.2 Å². The fraction of sp³-hybridized carbons (Fsp3) is 0.385. The van der Waals surface area contributed by atoms with Gasteiger partial charge in [-0.2, -0.15) is 0 Å². The first-order valence-electron chi connectivity index (χ1n) is 5.55. The molecule has 1 atom stereocenters. The third-order valence-electron chi connectivity index (χ3n) is 2.20. The molecular formula is C13H20NO2+. The highest BCUT2D eigenvalue weighted by molar-refractivity contribution is 5.32. The molecule has 0 spiro atoms. The number of nitrogens with two attached hydrogens (primary N) is 1. The highest BCUT2D eigenvalue weighted by Crippen LogP contribution is 2.16. The Balaban J connectivity index is 2.52. The average molecular weight is 222 g/mol. The maximum atomic E-state index is 9.17. The molecule has 1 aromatic carbocycles. The van der Waals surface area contributed by atoms with Crippen LogP contribution in [-0.4, -0.2) is 24.4 Å². The predicted octanol–water partition coefficient (Wildman–Crippen LogP) is 0.696. The summed E-state index contributed by atoms with van der Waals surface area (Å²) in [6.45, 7) is 7.46. The van der Waals surface area contributed by atoms with Gasteiger partial charge in [-0.15, -0.1) is 0 Å². The SMILES string of the molecule is C=CCOc1ccccc1C[NH2+]C[C@H](C)O. The molecule has 3 heteroatoms. The Bertz CT molecular complexity index is 323. The Hall–Kier alpha value is -1.32. The Morgan fingerprint density at radius 1 is 1.50 bits per heavy atom. The number of benzene rings is 1. The second-order valence-electron chi connectivity index (χ2n) is 3.78. The largest absolute Gasteiger partial charge is 0.489 e. The molecule has 0 bridgehead atoms. The lowest BCUT2D eigenvalue weighted by atomic mass is 10.2. The highest BCUT2D eigenvalue weighted by atomic mass is 16.5. The first-order chi connectivity index (χ1) is 7.74. The fourth-order valence-corrected chi connectivity index (χ4v) is 1.44. The van der Waals surface area contributed by atoms with Crippen LogP contribution in [0, 0.1) is 0 Å². The van der Waals surface area contributed by atoms with Gasteiger partial charge in [0.05, 0.1) is 6.10 Å². The summed E-state index contributed by atoms with van der Waals surface area (Å²) in [7, 11) is 0. The van der Waals surface area contributed by atoms with Gasteiger partial charge in [0, 0.05) is 5.56 Å². The molecule has 0 saturated heterocycles. The van der Waals surface area contributed by atoms with E-state index < -0.39 is 0 Å². The third kappa shape index (κ3) is 4.47. The monoisotopic (exact) mass is 222 g/mol. The molecule has 1 aromatic rings. The number of hydrogen-bond acceptors (Lipinski definition) is 2. The summed E-state index contributed by atoms with van der Waals surface area (Å²) in [5.74, 6) is 0.893. The second-order valence-corrected chi connectivity index (χ2v) is 3.78. The first kappa shape index (κ1) is 12.7. The van der Waals surface area contributed by atoms with E-state index in [1.807, 2.05) is 24.3 Å². The van der Waals surface area contributed by atoms with Crippen molar-refractivity contribution in [3.8, 4) is 5.75 Å². The van der Waals surface area contributed by atoms with Gasteiger partial charge in [0.15, 0.2) is 0 Å². The summed E-state index contributed by atoms with van der Waals surface area (Å²) in [6.07, 6.45) is 1.46. The molecule has 0 fully saturated rings. The van der Waals surface area contributed by atoms with Crippen LogP contribution in [0.5, 0.6) is 5.75 Å². The van der Waals surface area contributed by atoms with Crippen molar-refractivity contribution >= 4 is 0 Å². The van der Waals surface area contributed by atoms with E-state index in [2.05, 4.69) is 11.9 Å². The summed E-state index contributed by atoms with van der Waals surface area (Å²) >= 11 is 0. The minimum Gasteiger partial charge on any atom is -0.489 e. The molecule has 0 aliphatic carbocycles. The summed E-state index contributed by atoms with van der Waals surface area (Å²) in [4.78, 5) is 0. The smallest absolute Gasteiger partial charge is 0.128 e. The number of aliphatic hydroxyl groups excluding tert-OH is 1. The van der Waals surface area contributed by atoms with Gasteiger partial charge in [0.25, 0.3) is 0 Å². The van der Waals surface area contributed by atoms with Crippen LogP contribution in [0.15, 0.2) is 36.9 Å². The minimum atomic E-state index is -0.277. The van der Waals surface area contributed by atoms with E-state index in [0.717, 1.165) is 17.9 Å². The minimum absolute atomic E-state index is 0.277. The zero-order chi connectivity index (χ0) is 11.8. The molecule has 0 saturated carbocycles. The van der Waals surface area contributed by atoms with Crippen molar-refractivity contribution in [2.75, 3.05) is 13.2 Å². The van der Waals surface area contributed by atoms with Gasteiger partial charge >= 0.3 is 0 Å². The van der Waals surface area contributed by atoms with Gasteiger partial charge in [-0.05, 0) is 19.1 Å². The van der Waals surface area contributed by atoms with Gasteiger partial charge in [0.1, 0.15) is 25.4 Å². The summed E-state index contributed by atoms with van der Waals surface area (Å²) in [5, 5.41) is 11.2. The Morgan fingerprint density at radius 3 is 2.94 bits per heavy atom. The number of aliphatic hydroxyl groups is 1. The molecule has 3 nitrogen and oxygen atoms in total. The van der Waals surface area contributed by atoms with Crippen molar-refractivity contribution in [2.24, 2.45) is 0 Å². The molecule has 0 heterocycles. The van der Waals surface area contributed by atoms with Gasteiger partial charge in [-0.3, -0.25) is 0 Å². The molecule has 88 valence electrons. The van der Waals surface area contributed by atoms with Crippen LogP contribution >= 0.6 is 0 Å². The second kappa shape index (κ2) is 7.04. The molecule has 1 rings (SSSR count). The van der Waals surface area contributed by atoms with Gasteiger partial charge in [-0.25, -0.2) is 0 Å². The van der Waals surface area contributed by atoms with E-state index in [0.29, 0.717) is 13.2 Å². The van der Waals surface area contributed by atoms with Crippen molar-refractivity contribution in [2.45, 2.75) is 19.6 Å². The predicted molar refractivity (Wildman–Crippen MR) is 64.3 cm³/mol. The van der Waals surface area contributed by atoms with Crippen molar-refractivity contribution in [1.82, 2.24) is 0 Å². The maximum absolute atomic E-state index is 9.17. The maximum Gasteiger partial charge on any atom is 0.128 e. The Kier molecular flexibility index (Phi) is 5.61. The summed E-state index contributed by atoms with van der Waals surface area (Å²) in [5.41, 5.74) is 1.14. The van der Waals surface area contributed by atoms with Crippen molar-refractivity contribution in [3.05, 3.63) is 42.5 Å². The number of para-hydroxylation sites is 1. The van der Waals surface area contributed by atoms with Crippen molar-refractivity contribution < 1.29 is 15.2 Å². The summed E-state index contributed by atoms with van der Waals surface area (Å²) in [6, 6.07) is 7.94. The molecule has 0 aliphatic rings. The number of rotatable bonds is 7. The molecule has 0 unspecified atom stereocenters. The standard InChI is InChI=1S/C13H19NO2/c1-3-8-16-13-7-5-4-6-12(13)10-14-9-11(2)15/h3-7,11,14-15H,1,8-10H2,2H3/p+1/t11-/m0/s1. The number of hydrogen-bond donors (Lipinski definition) is 2. The van der Waals surface area contributed by atoms with E-state index in [1.54, 1.807) is 13.0 Å². The summed E-state index contributed by atoms with van der Waals surface area (Å²) < 4.78 is 5.54. The average Bonchev–Trinajstić information content (AvgIpc) is 2.27. The highest BCUT2D eigenvalue weighted by Gasteiger charge is 2.05. The van der Waals surface area contributed by atoms with Crippen LogP contribution in [0.25, 0.3) is 0 Å². The van der Waals surface area contributed by atoms with Crippen LogP contribution in [0.3, 0.4) is 0 Å². The Labute approximate surface area is 96.8 Å². The third-order valence-corrected chi connectivity index (χ3v) is 2.20. The zero-order valence-electron chi connectivity index (χ0n) is 9.73. The number of ether oxygens (including phenoxy) is 1. The lowest BCUT2D eigenvalue weighted by molar-refractivity contribution is -0.676. The van der Waals surface area contributed by atoms with Gasteiger partial charge in [0.2, 0.25) is 0 Å². The van der Waals surface area contributed by atoms with Crippen molar-refractivity contribution in [1.29, 1.82) is 0 Å². The van der Waals surface area contributed by atoms with Crippen LogP contribution in [0.1, 0.15) is 12.5 Å². The first-order valence-corrected chi connectivity index (χ1v) is 5.55. The topological polar surface area (TPSA) is 46.1 Å². The zero-order valence-corrected chi connectivity index (χ0v) is 9.73. The fourth-order valence-electron chi connectivity index (χ4n) is 1.44. The van der Waals surface area contributed by atoms with Crippen LogP contribution < -0.4 is 10.1 Å². The molecule has 0 radical (unpaired) electrons.